The lowest BCUT2D eigenvalue weighted by Crippen LogP contribution is -2.57. The van der Waals surface area contributed by atoms with Gasteiger partial charge in [0.1, 0.15) is 28.5 Å². The number of amides is 3. The fraction of sp³-hybridized carbons (Fsp3) is 0.659. The summed E-state index contributed by atoms with van der Waals surface area (Å²) in [5.41, 5.74) is -4.26. The number of pyridine rings is 1. The minimum absolute atomic E-state index is 0.0900. The van der Waals surface area contributed by atoms with Crippen LogP contribution in [0.3, 0.4) is 0 Å². The van der Waals surface area contributed by atoms with E-state index in [0.717, 1.165) is 6.42 Å². The molecular weight excluding hydrogens is 815 g/mol. The molecule has 2 saturated carbocycles. The highest BCUT2D eigenvalue weighted by molar-refractivity contribution is 7.91. The van der Waals surface area contributed by atoms with Crippen LogP contribution in [0.2, 0.25) is 0 Å². The quantitative estimate of drug-likeness (QED) is 0.213. The summed E-state index contributed by atoms with van der Waals surface area (Å²) in [7, 11) is -1.19. The van der Waals surface area contributed by atoms with Gasteiger partial charge in [0.15, 0.2) is 5.75 Å². The number of esters is 1. The van der Waals surface area contributed by atoms with Crippen LogP contribution < -0.4 is 19.5 Å². The van der Waals surface area contributed by atoms with Crippen molar-refractivity contribution in [1.29, 1.82) is 0 Å². The summed E-state index contributed by atoms with van der Waals surface area (Å²) in [5, 5.41) is 2.96. The van der Waals surface area contributed by atoms with E-state index >= 15 is 8.78 Å². The Bertz CT molecular complexity index is 2240. The molecule has 1 spiro atoms. The van der Waals surface area contributed by atoms with Crippen molar-refractivity contribution in [3.63, 3.8) is 0 Å². The number of nitrogens with zero attached hydrogens (tertiary/aromatic N) is 2. The second kappa shape index (κ2) is 16.1. The molecule has 5 atom stereocenters. The molecule has 2 aromatic rings. The van der Waals surface area contributed by atoms with E-state index in [0.29, 0.717) is 43.4 Å². The predicted octanol–water partition coefficient (Wildman–Crippen LogP) is 5.95. The van der Waals surface area contributed by atoms with E-state index in [4.69, 9.17) is 23.9 Å². The van der Waals surface area contributed by atoms with E-state index in [1.807, 2.05) is 19.9 Å². The summed E-state index contributed by atoms with van der Waals surface area (Å²) >= 11 is 0. The summed E-state index contributed by atoms with van der Waals surface area (Å²) < 4.78 is 84.9. The number of allylic oxidation sites excluding steroid dienone is 1. The lowest BCUT2D eigenvalue weighted by molar-refractivity contribution is -0.164. The summed E-state index contributed by atoms with van der Waals surface area (Å²) in [5.74, 6) is -8.26. The first kappa shape index (κ1) is 44.7. The van der Waals surface area contributed by atoms with Gasteiger partial charge in [0.2, 0.25) is 21.8 Å². The van der Waals surface area contributed by atoms with Crippen LogP contribution in [0.4, 0.5) is 8.78 Å². The number of carbonyl (C=O) groups excluding carboxylic acids is 4. The van der Waals surface area contributed by atoms with E-state index in [1.54, 1.807) is 39.0 Å². The first-order valence-corrected chi connectivity index (χ1v) is 22.7. The van der Waals surface area contributed by atoms with Crippen LogP contribution in [-0.4, -0.2) is 96.9 Å². The number of carbonyl (C=O) groups is 4. The minimum Gasteiger partial charge on any atom is -0.497 e. The van der Waals surface area contributed by atoms with Crippen LogP contribution >= 0.6 is 0 Å². The predicted molar refractivity (Wildman–Crippen MR) is 220 cm³/mol. The molecule has 2 aliphatic carbocycles. The molecule has 3 fully saturated rings. The van der Waals surface area contributed by atoms with Gasteiger partial charge in [-0.25, -0.2) is 22.2 Å². The molecule has 1 aromatic carbocycles. The van der Waals surface area contributed by atoms with Crippen molar-refractivity contribution in [3.05, 3.63) is 41.6 Å². The van der Waals surface area contributed by atoms with Crippen LogP contribution in [0, 0.1) is 11.8 Å². The van der Waals surface area contributed by atoms with E-state index in [2.05, 4.69) is 10.0 Å². The zero-order valence-corrected chi connectivity index (χ0v) is 36.8. The van der Waals surface area contributed by atoms with Crippen LogP contribution in [0.1, 0.15) is 122 Å². The van der Waals surface area contributed by atoms with Gasteiger partial charge in [-0.3, -0.25) is 23.9 Å². The molecule has 14 nitrogen and oxygen atoms in total. The molecule has 3 amide bonds. The summed E-state index contributed by atoms with van der Waals surface area (Å²) in [6.45, 7) is 8.17. The fourth-order valence-electron chi connectivity index (χ4n) is 9.22. The standard InChI is InChI=1S/C44H58F2N4O10S/c1-26(2)35-36-34(30-20-29(58-7)15-16-31(30)47-35)44(45,46)23-42(60-36)22-32-37(52)48-43(39(54)49-61(55,56)41(5)17-18-41)21-28(43)14-12-10-8-9-11-13-27(38(53)50(32)24-42)19-33(51)59-40(3,4)25-57-6/h12,14-16,20,26-28,32H,8-11,13,17-19,21-25H2,1-7H3,(H,48,52)(H,49,54)/b14-12-/t27-,28-,32+,42+,43-/m1/s1. The third kappa shape index (κ3) is 8.69. The Morgan fingerprint density at radius 3 is 2.52 bits per heavy atom. The SMILES string of the molecule is COCC(C)(C)OC(=O)C[C@H]1CCCCC/C=C\[C@@H]2C[C@@]2(C(=O)NS(=O)(=O)C2(C)CC2)NC(=O)[C@@H]2C[C@@]3(CN2C1=O)CC(F)(F)c1c(c(C(C)C)nc2ccc(OC)cc12)O3. The van der Waals surface area contributed by atoms with Crippen LogP contribution in [0.15, 0.2) is 30.4 Å². The van der Waals surface area contributed by atoms with E-state index in [1.165, 1.54) is 25.2 Å². The number of rotatable bonds is 10. The minimum atomic E-state index is -4.10. The molecule has 5 aliphatic rings. The number of nitrogens with one attached hydrogen (secondary N) is 2. The molecule has 2 N–H and O–H groups in total. The van der Waals surface area contributed by atoms with E-state index < -0.39 is 92.0 Å². The average Bonchev–Trinajstić information content (AvgIpc) is 4.06. The van der Waals surface area contributed by atoms with Gasteiger partial charge in [0.25, 0.3) is 11.8 Å². The molecule has 1 saturated heterocycles. The van der Waals surface area contributed by atoms with Gasteiger partial charge in [0.05, 0.1) is 54.6 Å². The number of halogens is 2. The Morgan fingerprint density at radius 1 is 1.11 bits per heavy atom. The van der Waals surface area contributed by atoms with Crippen LogP contribution in [0.25, 0.3) is 10.9 Å². The van der Waals surface area contributed by atoms with Gasteiger partial charge in [0, 0.05) is 30.8 Å². The van der Waals surface area contributed by atoms with Crippen molar-refractivity contribution >= 4 is 44.6 Å². The summed E-state index contributed by atoms with van der Waals surface area (Å²) in [4.78, 5) is 63.3. The first-order valence-electron chi connectivity index (χ1n) is 21.2. The Balaban J connectivity index is 1.29. The van der Waals surface area contributed by atoms with Crippen molar-refractivity contribution < 1.29 is 55.3 Å². The number of aromatic nitrogens is 1. The number of hydrogen-bond acceptors (Lipinski definition) is 11. The van der Waals surface area contributed by atoms with Crippen molar-refractivity contribution in [2.24, 2.45) is 11.8 Å². The Hall–Kier alpha value is -4.38. The molecule has 7 rings (SSSR count). The molecule has 0 bridgehead atoms. The number of methoxy groups -OCH3 is 2. The van der Waals surface area contributed by atoms with Gasteiger partial charge in [-0.15, -0.1) is 0 Å². The zero-order valence-electron chi connectivity index (χ0n) is 36.0. The molecule has 17 heteroatoms. The van der Waals surface area contributed by atoms with E-state index in [-0.39, 0.29) is 60.6 Å². The number of fused-ring (bicyclic) bond motifs is 5. The Kier molecular flexibility index (Phi) is 11.8. The Morgan fingerprint density at radius 2 is 1.85 bits per heavy atom. The number of ether oxygens (including phenoxy) is 4. The maximum absolute atomic E-state index is 17.1. The van der Waals surface area contributed by atoms with E-state index in [9.17, 15) is 27.6 Å². The monoisotopic (exact) mass is 872 g/mol. The second-order valence-corrected chi connectivity index (χ2v) is 21.1. The van der Waals surface area contributed by atoms with Gasteiger partial charge in [-0.1, -0.05) is 38.8 Å². The highest BCUT2D eigenvalue weighted by atomic mass is 32.2. The van der Waals surface area contributed by atoms with Gasteiger partial charge >= 0.3 is 5.97 Å². The molecule has 61 heavy (non-hydrogen) atoms. The number of alkyl halides is 2. The summed E-state index contributed by atoms with van der Waals surface area (Å²) in [6.07, 6.45) is 5.74. The Labute approximate surface area is 355 Å². The van der Waals surface area contributed by atoms with Crippen LogP contribution in [-0.2, 0) is 44.6 Å². The molecule has 334 valence electrons. The highest BCUT2D eigenvalue weighted by Crippen LogP contribution is 2.56. The van der Waals surface area contributed by atoms with Gasteiger partial charge < -0.3 is 29.2 Å². The number of hydrogen-bond donors (Lipinski definition) is 2. The smallest absolute Gasteiger partial charge is 0.307 e. The molecule has 4 heterocycles. The van der Waals surface area contributed by atoms with Crippen LogP contribution in [0.5, 0.6) is 11.5 Å². The maximum atomic E-state index is 17.1. The third-order valence-electron chi connectivity index (χ3n) is 13.0. The number of sulfonamides is 1. The number of benzene rings is 1. The maximum Gasteiger partial charge on any atom is 0.307 e. The van der Waals surface area contributed by atoms with Gasteiger partial charge in [-0.05, 0) is 83.4 Å². The topological polar surface area (TPSA) is 180 Å². The summed E-state index contributed by atoms with van der Waals surface area (Å²) in [6, 6.07) is 3.30. The molecule has 0 unspecified atom stereocenters. The molecular formula is C44H58F2N4O10S. The average molecular weight is 873 g/mol. The molecule has 0 radical (unpaired) electrons. The fourth-order valence-corrected chi connectivity index (χ4v) is 10.5. The van der Waals surface area contributed by atoms with Crippen molar-refractivity contribution in [3.8, 4) is 11.5 Å². The largest absolute Gasteiger partial charge is 0.497 e. The van der Waals surface area contributed by atoms with Crippen molar-refractivity contribution in [1.82, 2.24) is 19.9 Å². The lowest BCUT2D eigenvalue weighted by Gasteiger charge is -2.41. The third-order valence-corrected chi connectivity index (χ3v) is 15.1. The molecule has 3 aliphatic heterocycles. The van der Waals surface area contributed by atoms with Crippen molar-refractivity contribution in [2.75, 3.05) is 27.4 Å². The lowest BCUT2D eigenvalue weighted by atomic mass is 9.83. The second-order valence-electron chi connectivity index (χ2n) is 18.9. The zero-order chi connectivity index (χ0) is 44.3. The molecule has 1 aromatic heterocycles. The van der Waals surface area contributed by atoms with Gasteiger partial charge in [-0.2, -0.15) is 0 Å². The normalized spacial score (nSPS) is 29.0. The van der Waals surface area contributed by atoms with Crippen molar-refractivity contribution in [2.45, 2.75) is 145 Å². The highest BCUT2D eigenvalue weighted by Gasteiger charge is 2.65. The first-order chi connectivity index (χ1) is 28.6.